The molecule has 2 rings (SSSR count). The van der Waals surface area contributed by atoms with Crippen LogP contribution in [0, 0.1) is 11.7 Å². The van der Waals surface area contributed by atoms with Crippen molar-refractivity contribution in [1.29, 1.82) is 0 Å². The molecule has 0 spiro atoms. The van der Waals surface area contributed by atoms with Crippen molar-refractivity contribution in [3.8, 4) is 5.75 Å². The minimum Gasteiger partial charge on any atom is -0.496 e. The van der Waals surface area contributed by atoms with Crippen molar-refractivity contribution in [2.75, 3.05) is 26.9 Å². The molecule has 1 aliphatic heterocycles. The van der Waals surface area contributed by atoms with Gasteiger partial charge in [-0.1, -0.05) is 6.07 Å². The Bertz CT molecular complexity index is 458. The van der Waals surface area contributed by atoms with Gasteiger partial charge in [-0.3, -0.25) is 4.79 Å². The molecule has 1 atom stereocenters. The number of ether oxygens (including phenoxy) is 2. The molecular formula is C15H20FNO3. The van der Waals surface area contributed by atoms with Crippen LogP contribution in [0.4, 0.5) is 4.39 Å². The van der Waals surface area contributed by atoms with E-state index in [1.54, 1.807) is 6.07 Å². The normalized spacial score (nSPS) is 18.0. The Morgan fingerprint density at radius 1 is 1.55 bits per heavy atom. The Labute approximate surface area is 118 Å². The molecule has 1 saturated heterocycles. The van der Waals surface area contributed by atoms with Crippen molar-refractivity contribution in [2.45, 2.75) is 19.3 Å². The fourth-order valence-electron chi connectivity index (χ4n) is 2.39. The summed E-state index contributed by atoms with van der Waals surface area (Å²) >= 11 is 0. The van der Waals surface area contributed by atoms with Gasteiger partial charge >= 0.3 is 0 Å². The lowest BCUT2D eigenvalue weighted by molar-refractivity contribution is 0.0945. The average Bonchev–Trinajstić information content (AvgIpc) is 2.96. The van der Waals surface area contributed by atoms with Crippen LogP contribution in [0.5, 0.6) is 5.75 Å². The zero-order chi connectivity index (χ0) is 14.4. The molecule has 0 aliphatic carbocycles. The third kappa shape index (κ3) is 3.70. The zero-order valence-electron chi connectivity index (χ0n) is 11.7. The summed E-state index contributed by atoms with van der Waals surface area (Å²) in [6.07, 6.45) is 2.99. The number of halogens is 1. The highest BCUT2D eigenvalue weighted by molar-refractivity contribution is 5.97. The average molecular weight is 281 g/mol. The Hall–Kier alpha value is -1.62. The largest absolute Gasteiger partial charge is 0.496 e. The standard InChI is InChI=1S/C15H20FNO3/c1-19-13-6-2-5-12(16)14(13)15(18)17-8-3-4-11-7-9-20-10-11/h2,5-6,11H,3-4,7-10H2,1H3,(H,17,18)/t11-/m0/s1. The second-order valence-corrected chi connectivity index (χ2v) is 4.94. The summed E-state index contributed by atoms with van der Waals surface area (Å²) in [4.78, 5) is 12.0. The summed E-state index contributed by atoms with van der Waals surface area (Å²) in [6, 6.07) is 4.35. The smallest absolute Gasteiger partial charge is 0.258 e. The first-order valence-electron chi connectivity index (χ1n) is 6.91. The lowest BCUT2D eigenvalue weighted by Crippen LogP contribution is -2.26. The Morgan fingerprint density at radius 3 is 3.10 bits per heavy atom. The predicted octanol–water partition coefficient (Wildman–Crippen LogP) is 2.38. The maximum Gasteiger partial charge on any atom is 0.258 e. The van der Waals surface area contributed by atoms with Crippen molar-refractivity contribution in [3.05, 3.63) is 29.6 Å². The molecule has 1 heterocycles. The number of benzene rings is 1. The number of carbonyl (C=O) groups is 1. The molecule has 4 nitrogen and oxygen atoms in total. The van der Waals surface area contributed by atoms with Gasteiger partial charge in [-0.2, -0.15) is 0 Å². The van der Waals surface area contributed by atoms with Gasteiger partial charge in [0.05, 0.1) is 7.11 Å². The molecule has 20 heavy (non-hydrogen) atoms. The van der Waals surface area contributed by atoms with Gasteiger partial charge < -0.3 is 14.8 Å². The summed E-state index contributed by atoms with van der Waals surface area (Å²) in [6.45, 7) is 2.19. The number of hydrogen-bond acceptors (Lipinski definition) is 3. The summed E-state index contributed by atoms with van der Waals surface area (Å²) in [7, 11) is 1.42. The van der Waals surface area contributed by atoms with E-state index in [9.17, 15) is 9.18 Å². The van der Waals surface area contributed by atoms with Gasteiger partial charge in [-0.15, -0.1) is 0 Å². The number of methoxy groups -OCH3 is 1. The van der Waals surface area contributed by atoms with Gasteiger partial charge in [0.1, 0.15) is 17.1 Å². The molecule has 1 aliphatic rings. The van der Waals surface area contributed by atoms with Gasteiger partial charge in [-0.25, -0.2) is 4.39 Å². The van der Waals surface area contributed by atoms with Crippen LogP contribution in [0.1, 0.15) is 29.6 Å². The van der Waals surface area contributed by atoms with Crippen LogP contribution in [0.25, 0.3) is 0 Å². The van der Waals surface area contributed by atoms with E-state index in [1.807, 2.05) is 0 Å². The Kier molecular flexibility index (Phi) is 5.35. The summed E-state index contributed by atoms with van der Waals surface area (Å²) < 4.78 is 24.0. The van der Waals surface area contributed by atoms with Crippen LogP contribution >= 0.6 is 0 Å². The third-order valence-corrected chi connectivity index (χ3v) is 3.52. The molecule has 0 bridgehead atoms. The first kappa shape index (κ1) is 14.8. The van der Waals surface area contributed by atoms with E-state index in [-0.39, 0.29) is 11.3 Å². The number of carbonyl (C=O) groups excluding carboxylic acids is 1. The maximum absolute atomic E-state index is 13.7. The van der Waals surface area contributed by atoms with Gasteiger partial charge in [0.15, 0.2) is 0 Å². The molecule has 0 unspecified atom stereocenters. The number of rotatable bonds is 6. The highest BCUT2D eigenvalue weighted by Gasteiger charge is 2.18. The van der Waals surface area contributed by atoms with E-state index in [0.717, 1.165) is 32.5 Å². The molecule has 1 N–H and O–H groups in total. The molecule has 1 aromatic rings. The van der Waals surface area contributed by atoms with Crippen molar-refractivity contribution in [3.63, 3.8) is 0 Å². The number of hydrogen-bond donors (Lipinski definition) is 1. The predicted molar refractivity (Wildman–Crippen MR) is 73.4 cm³/mol. The quantitative estimate of drug-likeness (QED) is 0.814. The van der Waals surface area contributed by atoms with Gasteiger partial charge in [-0.05, 0) is 37.3 Å². The lowest BCUT2D eigenvalue weighted by Gasteiger charge is -2.11. The summed E-state index contributed by atoms with van der Waals surface area (Å²) in [5.74, 6) is -0.143. The molecule has 0 aromatic heterocycles. The molecule has 0 saturated carbocycles. The molecule has 1 amide bonds. The zero-order valence-corrected chi connectivity index (χ0v) is 11.7. The second-order valence-electron chi connectivity index (χ2n) is 4.94. The van der Waals surface area contributed by atoms with Crippen molar-refractivity contribution < 1.29 is 18.7 Å². The summed E-state index contributed by atoms with van der Waals surface area (Å²) in [5, 5.41) is 2.74. The number of amides is 1. The van der Waals surface area contributed by atoms with E-state index >= 15 is 0 Å². The fraction of sp³-hybridized carbons (Fsp3) is 0.533. The Balaban J connectivity index is 1.82. The highest BCUT2D eigenvalue weighted by atomic mass is 19.1. The fourth-order valence-corrected chi connectivity index (χ4v) is 2.39. The van der Waals surface area contributed by atoms with E-state index in [1.165, 1.54) is 19.2 Å². The SMILES string of the molecule is COc1cccc(F)c1C(=O)NCCC[C@H]1CCOC1. The van der Waals surface area contributed by atoms with E-state index in [2.05, 4.69) is 5.32 Å². The first-order chi connectivity index (χ1) is 9.72. The minimum absolute atomic E-state index is 0.0285. The van der Waals surface area contributed by atoms with Gasteiger partial charge in [0.2, 0.25) is 0 Å². The topological polar surface area (TPSA) is 47.6 Å². The van der Waals surface area contributed by atoms with Crippen molar-refractivity contribution in [2.24, 2.45) is 5.92 Å². The molecule has 110 valence electrons. The lowest BCUT2D eigenvalue weighted by atomic mass is 10.0. The van der Waals surface area contributed by atoms with Crippen LogP contribution in [-0.2, 0) is 4.74 Å². The van der Waals surface area contributed by atoms with E-state index in [4.69, 9.17) is 9.47 Å². The van der Waals surface area contributed by atoms with Gasteiger partial charge in [0.25, 0.3) is 5.91 Å². The van der Waals surface area contributed by atoms with Crippen molar-refractivity contribution >= 4 is 5.91 Å². The number of nitrogens with one attached hydrogen (secondary N) is 1. The molecule has 5 heteroatoms. The van der Waals surface area contributed by atoms with Gasteiger partial charge in [0, 0.05) is 19.8 Å². The van der Waals surface area contributed by atoms with E-state index in [0.29, 0.717) is 12.5 Å². The second kappa shape index (κ2) is 7.24. The molecule has 0 radical (unpaired) electrons. The maximum atomic E-state index is 13.7. The highest BCUT2D eigenvalue weighted by Crippen LogP contribution is 2.21. The minimum atomic E-state index is -0.564. The molecular weight excluding hydrogens is 261 g/mol. The van der Waals surface area contributed by atoms with Crippen LogP contribution in [0.2, 0.25) is 0 Å². The van der Waals surface area contributed by atoms with Crippen LogP contribution < -0.4 is 10.1 Å². The third-order valence-electron chi connectivity index (χ3n) is 3.52. The first-order valence-corrected chi connectivity index (χ1v) is 6.91. The molecule has 1 fully saturated rings. The van der Waals surface area contributed by atoms with Crippen molar-refractivity contribution in [1.82, 2.24) is 5.32 Å². The van der Waals surface area contributed by atoms with E-state index < -0.39 is 11.7 Å². The monoisotopic (exact) mass is 281 g/mol. The van der Waals surface area contributed by atoms with Crippen LogP contribution in [0.3, 0.4) is 0 Å². The summed E-state index contributed by atoms with van der Waals surface area (Å²) in [5.41, 5.74) is -0.0285. The van der Waals surface area contributed by atoms with Crippen LogP contribution in [-0.4, -0.2) is 32.8 Å². The van der Waals surface area contributed by atoms with Crippen LogP contribution in [0.15, 0.2) is 18.2 Å². The Morgan fingerprint density at radius 2 is 2.40 bits per heavy atom. The molecule has 1 aromatic carbocycles.